The van der Waals surface area contributed by atoms with Gasteiger partial charge < -0.3 is 10.6 Å². The van der Waals surface area contributed by atoms with E-state index in [1.54, 1.807) is 11.6 Å². The third-order valence-electron chi connectivity index (χ3n) is 2.74. The molecule has 0 bridgehead atoms. The number of carbonyl (C=O) groups excluding carboxylic acids is 1. The summed E-state index contributed by atoms with van der Waals surface area (Å²) in [5, 5.41) is 7.75. The van der Waals surface area contributed by atoms with Crippen LogP contribution in [0.25, 0.3) is 0 Å². The Morgan fingerprint density at radius 1 is 1.33 bits per heavy atom. The van der Waals surface area contributed by atoms with E-state index >= 15 is 0 Å². The summed E-state index contributed by atoms with van der Waals surface area (Å²) >= 11 is 1.39. The van der Waals surface area contributed by atoms with Crippen LogP contribution in [0.5, 0.6) is 0 Å². The summed E-state index contributed by atoms with van der Waals surface area (Å²) < 4.78 is 27.6. The van der Waals surface area contributed by atoms with Gasteiger partial charge in [-0.25, -0.2) is 13.8 Å². The summed E-state index contributed by atoms with van der Waals surface area (Å²) in [4.78, 5) is 15.9. The van der Waals surface area contributed by atoms with Gasteiger partial charge in [0.15, 0.2) is 0 Å². The van der Waals surface area contributed by atoms with Crippen molar-refractivity contribution in [2.45, 2.75) is 19.9 Å². The van der Waals surface area contributed by atoms with E-state index in [0.717, 1.165) is 23.6 Å². The van der Waals surface area contributed by atoms with Crippen LogP contribution in [0, 0.1) is 11.6 Å². The Balaban J connectivity index is 2.07. The first-order chi connectivity index (χ1) is 10.1. The highest BCUT2D eigenvalue weighted by molar-refractivity contribution is 7.09. The molecule has 21 heavy (non-hydrogen) atoms. The molecule has 2 aromatic rings. The lowest BCUT2D eigenvalue weighted by atomic mass is 10.1. The van der Waals surface area contributed by atoms with Crippen molar-refractivity contribution in [2.24, 2.45) is 0 Å². The minimum Gasteiger partial charge on any atom is -0.380 e. The number of carbonyl (C=O) groups is 1. The zero-order valence-electron chi connectivity index (χ0n) is 11.5. The maximum atomic E-state index is 13.8. The zero-order valence-corrected chi connectivity index (χ0v) is 12.3. The highest BCUT2D eigenvalue weighted by atomic mass is 32.1. The molecule has 2 rings (SSSR count). The zero-order chi connectivity index (χ0) is 15.2. The quantitative estimate of drug-likeness (QED) is 0.861. The average Bonchev–Trinajstić information content (AvgIpc) is 2.97. The van der Waals surface area contributed by atoms with Crippen LogP contribution in [-0.4, -0.2) is 17.4 Å². The molecule has 0 unspecified atom stereocenters. The molecule has 0 aliphatic heterocycles. The van der Waals surface area contributed by atoms with Crippen molar-refractivity contribution in [1.29, 1.82) is 0 Å². The number of thiazole rings is 1. The molecule has 1 heterocycles. The van der Waals surface area contributed by atoms with Crippen LogP contribution in [0.3, 0.4) is 0 Å². The SMILES string of the molecule is CCCNc1c(F)cc(C(=O)NCc2nccs2)cc1F. The first-order valence-corrected chi connectivity index (χ1v) is 7.39. The first-order valence-electron chi connectivity index (χ1n) is 6.51. The molecule has 0 saturated heterocycles. The lowest BCUT2D eigenvalue weighted by Crippen LogP contribution is -2.23. The van der Waals surface area contributed by atoms with Crippen molar-refractivity contribution in [3.8, 4) is 0 Å². The van der Waals surface area contributed by atoms with E-state index in [1.807, 2.05) is 6.92 Å². The molecule has 0 atom stereocenters. The van der Waals surface area contributed by atoms with Crippen LogP contribution < -0.4 is 10.6 Å². The molecule has 1 aromatic heterocycles. The Morgan fingerprint density at radius 2 is 2.05 bits per heavy atom. The summed E-state index contributed by atoms with van der Waals surface area (Å²) in [5.41, 5.74) is -0.253. The van der Waals surface area contributed by atoms with Crippen LogP contribution in [0.15, 0.2) is 23.7 Å². The Kier molecular flexibility index (Phi) is 5.21. The van der Waals surface area contributed by atoms with E-state index in [-0.39, 0.29) is 17.8 Å². The Morgan fingerprint density at radius 3 is 2.62 bits per heavy atom. The van der Waals surface area contributed by atoms with E-state index in [4.69, 9.17) is 0 Å². The second kappa shape index (κ2) is 7.12. The van der Waals surface area contributed by atoms with Crippen LogP contribution in [-0.2, 0) is 6.54 Å². The monoisotopic (exact) mass is 311 g/mol. The molecule has 4 nitrogen and oxygen atoms in total. The number of hydrogen-bond acceptors (Lipinski definition) is 4. The Hall–Kier alpha value is -2.02. The van der Waals surface area contributed by atoms with Gasteiger partial charge in [-0.15, -0.1) is 11.3 Å². The molecule has 112 valence electrons. The van der Waals surface area contributed by atoms with Gasteiger partial charge in [0.2, 0.25) is 0 Å². The predicted molar refractivity (Wildman–Crippen MR) is 78.4 cm³/mol. The molecular weight excluding hydrogens is 296 g/mol. The lowest BCUT2D eigenvalue weighted by Gasteiger charge is -2.10. The molecule has 0 spiro atoms. The van der Waals surface area contributed by atoms with Gasteiger partial charge >= 0.3 is 0 Å². The molecule has 2 N–H and O–H groups in total. The third kappa shape index (κ3) is 3.98. The van der Waals surface area contributed by atoms with E-state index in [2.05, 4.69) is 15.6 Å². The number of anilines is 1. The number of halogens is 2. The number of benzene rings is 1. The molecule has 0 saturated carbocycles. The highest BCUT2D eigenvalue weighted by Gasteiger charge is 2.15. The highest BCUT2D eigenvalue weighted by Crippen LogP contribution is 2.21. The summed E-state index contributed by atoms with van der Waals surface area (Å²) in [6, 6.07) is 2.05. The molecular formula is C14H15F2N3OS. The largest absolute Gasteiger partial charge is 0.380 e. The smallest absolute Gasteiger partial charge is 0.251 e. The van der Waals surface area contributed by atoms with Crippen LogP contribution >= 0.6 is 11.3 Å². The molecule has 0 fully saturated rings. The second-order valence-corrected chi connectivity index (χ2v) is 5.33. The summed E-state index contributed by atoms with van der Waals surface area (Å²) in [5.74, 6) is -2.09. The summed E-state index contributed by atoms with van der Waals surface area (Å²) in [7, 11) is 0. The van der Waals surface area contributed by atoms with Gasteiger partial charge in [-0.1, -0.05) is 6.92 Å². The molecule has 0 aliphatic carbocycles. The normalized spacial score (nSPS) is 10.4. The minimum atomic E-state index is -0.775. The summed E-state index contributed by atoms with van der Waals surface area (Å²) in [6.07, 6.45) is 2.37. The van der Waals surface area contributed by atoms with Crippen LogP contribution in [0.2, 0.25) is 0 Å². The fraction of sp³-hybridized carbons (Fsp3) is 0.286. The fourth-order valence-corrected chi connectivity index (χ4v) is 2.28. The van der Waals surface area contributed by atoms with Gasteiger partial charge in [0, 0.05) is 23.7 Å². The van der Waals surface area contributed by atoms with Crippen molar-refractivity contribution in [2.75, 3.05) is 11.9 Å². The standard InChI is InChI=1S/C14H15F2N3OS/c1-2-3-18-13-10(15)6-9(7-11(13)16)14(20)19-8-12-17-4-5-21-12/h4-7,18H,2-3,8H2,1H3,(H,19,20). The Labute approximate surface area is 125 Å². The van der Waals surface area contributed by atoms with Gasteiger partial charge in [-0.3, -0.25) is 4.79 Å². The van der Waals surface area contributed by atoms with Crippen molar-refractivity contribution >= 4 is 22.9 Å². The number of rotatable bonds is 6. The maximum absolute atomic E-state index is 13.8. The molecule has 7 heteroatoms. The first kappa shape index (κ1) is 15.4. The van der Waals surface area contributed by atoms with Crippen molar-refractivity contribution in [1.82, 2.24) is 10.3 Å². The number of nitrogens with zero attached hydrogens (tertiary/aromatic N) is 1. The second-order valence-electron chi connectivity index (χ2n) is 4.35. The average molecular weight is 311 g/mol. The van der Waals surface area contributed by atoms with E-state index < -0.39 is 17.5 Å². The minimum absolute atomic E-state index is 0.0522. The van der Waals surface area contributed by atoms with Gasteiger partial charge in [-0.2, -0.15) is 0 Å². The van der Waals surface area contributed by atoms with Crippen LogP contribution in [0.1, 0.15) is 28.7 Å². The lowest BCUT2D eigenvalue weighted by molar-refractivity contribution is 0.0950. The third-order valence-corrected chi connectivity index (χ3v) is 3.52. The van der Waals surface area contributed by atoms with Gasteiger partial charge in [-0.05, 0) is 18.6 Å². The van der Waals surface area contributed by atoms with Crippen molar-refractivity contribution in [3.63, 3.8) is 0 Å². The summed E-state index contributed by atoms with van der Waals surface area (Å²) in [6.45, 7) is 2.59. The molecule has 1 aromatic carbocycles. The van der Waals surface area contributed by atoms with Crippen LogP contribution in [0.4, 0.5) is 14.5 Å². The van der Waals surface area contributed by atoms with E-state index in [1.165, 1.54) is 11.3 Å². The number of aromatic nitrogens is 1. The number of amides is 1. The van der Waals surface area contributed by atoms with Crippen molar-refractivity contribution in [3.05, 3.63) is 45.9 Å². The van der Waals surface area contributed by atoms with Gasteiger partial charge in [0.1, 0.15) is 22.3 Å². The van der Waals surface area contributed by atoms with Crippen molar-refractivity contribution < 1.29 is 13.6 Å². The van der Waals surface area contributed by atoms with E-state index in [9.17, 15) is 13.6 Å². The maximum Gasteiger partial charge on any atom is 0.251 e. The van der Waals surface area contributed by atoms with E-state index in [0.29, 0.717) is 6.54 Å². The topological polar surface area (TPSA) is 54.0 Å². The molecule has 0 aliphatic rings. The fourth-order valence-electron chi connectivity index (χ4n) is 1.72. The van der Waals surface area contributed by atoms with Gasteiger partial charge in [0.25, 0.3) is 5.91 Å². The van der Waals surface area contributed by atoms with Gasteiger partial charge in [0.05, 0.1) is 6.54 Å². The number of hydrogen-bond donors (Lipinski definition) is 2. The molecule has 0 radical (unpaired) electrons. The Bertz CT molecular complexity index is 594. The molecule has 1 amide bonds. The number of nitrogens with one attached hydrogen (secondary N) is 2. The predicted octanol–water partition coefficient (Wildman–Crippen LogP) is 3.17.